The highest BCUT2D eigenvalue weighted by Crippen LogP contribution is 2.45. The number of furan rings is 1. The van der Waals surface area contributed by atoms with Gasteiger partial charge < -0.3 is 19.0 Å². The minimum Gasteiger partial charge on any atom is -0.497 e. The molecule has 1 fully saturated rings. The molecule has 6 rings (SSSR count). The summed E-state index contributed by atoms with van der Waals surface area (Å²) in [6, 6.07) is 17.3. The SMILES string of the molecule is COc1ccc(C2c3[nH]c4ccc(Br)cc4c3CC3C(=O)N(Cc4ccco4)C(=S)N32)cc1. The van der Waals surface area contributed by atoms with Gasteiger partial charge in [0, 0.05) is 27.5 Å². The number of hydrogen-bond acceptors (Lipinski definition) is 4. The van der Waals surface area contributed by atoms with Gasteiger partial charge >= 0.3 is 0 Å². The van der Waals surface area contributed by atoms with Crippen molar-refractivity contribution in [1.29, 1.82) is 0 Å². The number of benzene rings is 2. The molecule has 0 spiro atoms. The predicted octanol–water partition coefficient (Wildman–Crippen LogP) is 5.18. The standard InChI is InChI=1S/C25H20BrN3O3S/c1-31-16-7-4-14(5-8-16)23-22-19(18-11-15(26)6-9-20(18)27-22)12-21-24(30)28(25(33)29(21)23)13-17-3-2-10-32-17/h2-11,21,23,27H,12-13H2,1H3. The first-order valence-corrected chi connectivity index (χ1v) is 11.9. The molecular formula is C25H20BrN3O3S. The highest BCUT2D eigenvalue weighted by Gasteiger charge is 2.50. The Kier molecular flexibility index (Phi) is 4.81. The van der Waals surface area contributed by atoms with Crippen LogP contribution < -0.4 is 4.74 Å². The van der Waals surface area contributed by atoms with Crippen molar-refractivity contribution < 1.29 is 13.9 Å². The van der Waals surface area contributed by atoms with Gasteiger partial charge in [-0.3, -0.25) is 9.69 Å². The molecule has 2 aliphatic heterocycles. The maximum atomic E-state index is 13.6. The minimum absolute atomic E-state index is 0.00454. The Hall–Kier alpha value is -3.10. The van der Waals surface area contributed by atoms with Crippen LogP contribution in [-0.4, -0.2) is 39.0 Å². The Labute approximate surface area is 204 Å². The number of amides is 1. The van der Waals surface area contributed by atoms with E-state index in [1.165, 1.54) is 0 Å². The smallest absolute Gasteiger partial charge is 0.252 e. The number of hydrogen-bond donors (Lipinski definition) is 1. The summed E-state index contributed by atoms with van der Waals surface area (Å²) in [5.41, 5.74) is 4.32. The Morgan fingerprint density at radius 1 is 1.21 bits per heavy atom. The average Bonchev–Trinajstić information content (AvgIpc) is 3.53. The molecule has 33 heavy (non-hydrogen) atoms. The number of nitrogens with zero attached hydrogens (tertiary/aromatic N) is 2. The number of thiocarbonyl (C=S) groups is 1. The number of ether oxygens (including phenoxy) is 1. The largest absolute Gasteiger partial charge is 0.497 e. The molecule has 4 aromatic rings. The van der Waals surface area contributed by atoms with Gasteiger partial charge in [0.1, 0.15) is 17.6 Å². The average molecular weight is 522 g/mol. The second-order valence-electron chi connectivity index (χ2n) is 8.30. The summed E-state index contributed by atoms with van der Waals surface area (Å²) in [4.78, 5) is 21.0. The van der Waals surface area contributed by atoms with Crippen molar-refractivity contribution in [3.05, 3.63) is 87.9 Å². The number of rotatable bonds is 4. The molecule has 1 amide bonds. The number of aromatic amines is 1. The number of aromatic nitrogens is 1. The second-order valence-corrected chi connectivity index (χ2v) is 9.58. The van der Waals surface area contributed by atoms with Crippen LogP contribution in [0.4, 0.5) is 0 Å². The van der Waals surface area contributed by atoms with Crippen molar-refractivity contribution in [2.75, 3.05) is 7.11 Å². The van der Waals surface area contributed by atoms with E-state index >= 15 is 0 Å². The highest BCUT2D eigenvalue weighted by atomic mass is 79.9. The van der Waals surface area contributed by atoms with Crippen molar-refractivity contribution in [3.8, 4) is 5.75 Å². The maximum absolute atomic E-state index is 13.6. The number of carbonyl (C=O) groups is 1. The molecule has 4 heterocycles. The van der Waals surface area contributed by atoms with Crippen LogP contribution in [0.3, 0.4) is 0 Å². The van der Waals surface area contributed by atoms with Crippen LogP contribution in [-0.2, 0) is 17.8 Å². The Balaban J connectivity index is 1.50. The fourth-order valence-corrected chi connectivity index (χ4v) is 5.73. The monoisotopic (exact) mass is 521 g/mol. The van der Waals surface area contributed by atoms with E-state index in [1.54, 1.807) is 18.3 Å². The fourth-order valence-electron chi connectivity index (χ4n) is 4.99. The third-order valence-corrected chi connectivity index (χ3v) is 7.44. The molecule has 2 aliphatic rings. The quantitative estimate of drug-likeness (QED) is 0.375. The van der Waals surface area contributed by atoms with Gasteiger partial charge in [-0.25, -0.2) is 0 Å². The van der Waals surface area contributed by atoms with Gasteiger partial charge in [0.15, 0.2) is 5.11 Å². The summed E-state index contributed by atoms with van der Waals surface area (Å²) in [6.07, 6.45) is 2.20. The van der Waals surface area contributed by atoms with Gasteiger partial charge in [-0.1, -0.05) is 28.1 Å². The zero-order valence-corrected chi connectivity index (χ0v) is 20.2. The first kappa shape index (κ1) is 20.5. The molecule has 0 saturated carbocycles. The first-order chi connectivity index (χ1) is 16.0. The summed E-state index contributed by atoms with van der Waals surface area (Å²) in [5, 5.41) is 1.65. The van der Waals surface area contributed by atoms with E-state index in [-0.39, 0.29) is 18.0 Å². The molecule has 0 bridgehead atoms. The van der Waals surface area contributed by atoms with E-state index in [0.717, 1.165) is 37.9 Å². The topological polar surface area (TPSA) is 61.7 Å². The summed E-state index contributed by atoms with van der Waals surface area (Å²) >= 11 is 9.49. The second kappa shape index (κ2) is 7.74. The van der Waals surface area contributed by atoms with Crippen LogP contribution in [0.5, 0.6) is 5.75 Å². The van der Waals surface area contributed by atoms with Gasteiger partial charge in [0.05, 0.1) is 26.0 Å². The molecule has 1 N–H and O–H groups in total. The summed E-state index contributed by atoms with van der Waals surface area (Å²) in [5.74, 6) is 1.50. The minimum atomic E-state index is -0.370. The van der Waals surface area contributed by atoms with E-state index in [9.17, 15) is 4.79 Å². The number of methoxy groups -OCH3 is 1. The molecule has 6 nitrogen and oxygen atoms in total. The number of nitrogens with one attached hydrogen (secondary N) is 1. The third kappa shape index (κ3) is 3.20. The first-order valence-electron chi connectivity index (χ1n) is 10.6. The Morgan fingerprint density at radius 2 is 2.03 bits per heavy atom. The maximum Gasteiger partial charge on any atom is 0.252 e. The zero-order chi connectivity index (χ0) is 22.7. The molecule has 8 heteroatoms. The summed E-state index contributed by atoms with van der Waals surface area (Å²) < 4.78 is 11.9. The summed E-state index contributed by atoms with van der Waals surface area (Å²) in [7, 11) is 1.65. The van der Waals surface area contributed by atoms with E-state index < -0.39 is 0 Å². The molecule has 1 saturated heterocycles. The molecule has 2 atom stereocenters. The van der Waals surface area contributed by atoms with E-state index in [2.05, 4.69) is 37.9 Å². The van der Waals surface area contributed by atoms with E-state index in [1.807, 2.05) is 42.5 Å². The molecule has 0 radical (unpaired) electrons. The van der Waals surface area contributed by atoms with Crippen LogP contribution in [0.25, 0.3) is 10.9 Å². The van der Waals surface area contributed by atoms with Crippen LogP contribution >= 0.6 is 28.1 Å². The lowest BCUT2D eigenvalue weighted by Crippen LogP contribution is -2.44. The van der Waals surface area contributed by atoms with Crippen LogP contribution in [0, 0.1) is 0 Å². The van der Waals surface area contributed by atoms with E-state index in [0.29, 0.717) is 23.8 Å². The van der Waals surface area contributed by atoms with Crippen molar-refractivity contribution >= 4 is 50.1 Å². The molecule has 0 aliphatic carbocycles. The summed E-state index contributed by atoms with van der Waals surface area (Å²) in [6.45, 7) is 0.327. The van der Waals surface area contributed by atoms with Crippen molar-refractivity contribution in [3.63, 3.8) is 0 Å². The lowest BCUT2D eigenvalue weighted by molar-refractivity contribution is -0.129. The number of carbonyl (C=O) groups excluding carboxylic acids is 1. The Bertz CT molecular complexity index is 1380. The lowest BCUT2D eigenvalue weighted by atomic mass is 9.89. The van der Waals surface area contributed by atoms with Gasteiger partial charge in [0.25, 0.3) is 5.91 Å². The highest BCUT2D eigenvalue weighted by molar-refractivity contribution is 9.10. The van der Waals surface area contributed by atoms with E-state index in [4.69, 9.17) is 21.4 Å². The van der Waals surface area contributed by atoms with Gasteiger partial charge in [-0.05, 0) is 65.8 Å². The number of halogens is 1. The van der Waals surface area contributed by atoms with Crippen LogP contribution in [0.2, 0.25) is 0 Å². The van der Waals surface area contributed by atoms with Gasteiger partial charge in [-0.15, -0.1) is 0 Å². The molecular weight excluding hydrogens is 502 g/mol. The fraction of sp³-hybridized carbons (Fsp3) is 0.200. The van der Waals surface area contributed by atoms with Crippen LogP contribution in [0.1, 0.15) is 28.6 Å². The lowest BCUT2D eigenvalue weighted by Gasteiger charge is -2.37. The van der Waals surface area contributed by atoms with Crippen molar-refractivity contribution in [1.82, 2.24) is 14.8 Å². The molecule has 166 valence electrons. The Morgan fingerprint density at radius 3 is 2.76 bits per heavy atom. The normalized spacial score (nSPS) is 19.8. The predicted molar refractivity (Wildman–Crippen MR) is 132 cm³/mol. The van der Waals surface area contributed by atoms with Crippen molar-refractivity contribution in [2.45, 2.75) is 25.0 Å². The van der Waals surface area contributed by atoms with Crippen LogP contribution in [0.15, 0.2) is 69.8 Å². The third-order valence-electron chi connectivity index (χ3n) is 6.51. The molecule has 2 aromatic carbocycles. The van der Waals surface area contributed by atoms with Gasteiger partial charge in [-0.2, -0.15) is 0 Å². The molecule has 2 unspecified atom stereocenters. The molecule has 2 aromatic heterocycles. The van der Waals surface area contributed by atoms with Gasteiger partial charge in [0.2, 0.25) is 0 Å². The van der Waals surface area contributed by atoms with Crippen molar-refractivity contribution in [2.24, 2.45) is 0 Å². The number of fused-ring (bicyclic) bond motifs is 4. The zero-order valence-electron chi connectivity index (χ0n) is 17.7. The number of H-pyrrole nitrogens is 1.